The summed E-state index contributed by atoms with van der Waals surface area (Å²) in [6, 6.07) is 4.53. The zero-order valence-corrected chi connectivity index (χ0v) is 11.9. The van der Waals surface area contributed by atoms with Gasteiger partial charge in [-0.25, -0.2) is 12.8 Å². The van der Waals surface area contributed by atoms with Crippen molar-refractivity contribution in [2.45, 2.75) is 18.4 Å². The van der Waals surface area contributed by atoms with E-state index >= 15 is 0 Å². The van der Waals surface area contributed by atoms with Crippen LogP contribution in [0, 0.1) is 12.7 Å². The SMILES string of the molecule is Cc1oc(CO)cc1S(=O)(=O)Nc1ccc(F)cc1Cl. The minimum absolute atomic E-state index is 0.0548. The molecule has 0 saturated carbocycles. The van der Waals surface area contributed by atoms with Gasteiger partial charge in [-0.3, -0.25) is 4.72 Å². The first-order valence-corrected chi connectivity index (χ1v) is 7.37. The van der Waals surface area contributed by atoms with Gasteiger partial charge in [-0.15, -0.1) is 0 Å². The Morgan fingerprint density at radius 3 is 2.65 bits per heavy atom. The fraction of sp³-hybridized carbons (Fsp3) is 0.167. The van der Waals surface area contributed by atoms with Crippen molar-refractivity contribution >= 4 is 27.3 Å². The predicted octanol–water partition coefficient (Wildman–Crippen LogP) is 2.67. The van der Waals surface area contributed by atoms with Crippen molar-refractivity contribution in [1.82, 2.24) is 0 Å². The number of hydrogen-bond acceptors (Lipinski definition) is 4. The Morgan fingerprint density at radius 2 is 2.10 bits per heavy atom. The second-order valence-corrected chi connectivity index (χ2v) is 6.08. The molecule has 0 aliphatic rings. The maximum absolute atomic E-state index is 12.9. The first-order chi connectivity index (χ1) is 9.33. The van der Waals surface area contributed by atoms with Gasteiger partial charge >= 0.3 is 0 Å². The lowest BCUT2D eigenvalue weighted by Crippen LogP contribution is -2.13. The third-order valence-corrected chi connectivity index (χ3v) is 4.33. The molecule has 2 rings (SSSR count). The molecule has 8 heteroatoms. The van der Waals surface area contributed by atoms with Gasteiger partial charge < -0.3 is 9.52 Å². The van der Waals surface area contributed by atoms with Crippen LogP contribution in [0.15, 0.2) is 33.6 Å². The summed E-state index contributed by atoms with van der Waals surface area (Å²) < 4.78 is 44.6. The van der Waals surface area contributed by atoms with Crippen LogP contribution >= 0.6 is 11.6 Å². The van der Waals surface area contributed by atoms with Crippen LogP contribution in [-0.2, 0) is 16.6 Å². The molecular formula is C12H11ClFNO4S. The molecule has 0 aliphatic heterocycles. The normalized spacial score (nSPS) is 11.6. The van der Waals surface area contributed by atoms with Crippen LogP contribution in [0.1, 0.15) is 11.5 Å². The number of aliphatic hydroxyl groups excluding tert-OH is 1. The van der Waals surface area contributed by atoms with Crippen molar-refractivity contribution in [1.29, 1.82) is 0 Å². The van der Waals surface area contributed by atoms with Crippen LogP contribution in [0.3, 0.4) is 0 Å². The van der Waals surface area contributed by atoms with Gasteiger partial charge in [0.05, 0.1) is 10.7 Å². The van der Waals surface area contributed by atoms with Gasteiger partial charge in [-0.1, -0.05) is 11.6 Å². The Balaban J connectivity index is 2.38. The van der Waals surface area contributed by atoms with E-state index in [4.69, 9.17) is 21.1 Å². The number of hydrogen-bond donors (Lipinski definition) is 2. The lowest BCUT2D eigenvalue weighted by Gasteiger charge is -2.08. The smallest absolute Gasteiger partial charge is 0.265 e. The van der Waals surface area contributed by atoms with Crippen molar-refractivity contribution in [2.24, 2.45) is 0 Å². The number of nitrogens with one attached hydrogen (secondary N) is 1. The molecule has 5 nitrogen and oxygen atoms in total. The predicted molar refractivity (Wildman–Crippen MR) is 71.6 cm³/mol. The van der Waals surface area contributed by atoms with Gasteiger partial charge in [0.2, 0.25) is 0 Å². The summed E-state index contributed by atoms with van der Waals surface area (Å²) in [7, 11) is -3.93. The molecule has 1 aromatic carbocycles. The van der Waals surface area contributed by atoms with E-state index < -0.39 is 22.4 Å². The first-order valence-electron chi connectivity index (χ1n) is 5.51. The Hall–Kier alpha value is -1.57. The number of furan rings is 1. The van der Waals surface area contributed by atoms with E-state index in [-0.39, 0.29) is 27.1 Å². The van der Waals surface area contributed by atoms with Crippen molar-refractivity contribution in [2.75, 3.05) is 4.72 Å². The Kier molecular flexibility index (Phi) is 4.03. The van der Waals surface area contributed by atoms with E-state index in [9.17, 15) is 12.8 Å². The molecule has 0 aliphatic carbocycles. The number of anilines is 1. The van der Waals surface area contributed by atoms with Crippen molar-refractivity contribution in [3.63, 3.8) is 0 Å². The Labute approximate surface area is 120 Å². The topological polar surface area (TPSA) is 79.5 Å². The molecule has 0 fully saturated rings. The quantitative estimate of drug-likeness (QED) is 0.908. The minimum Gasteiger partial charge on any atom is -0.462 e. The monoisotopic (exact) mass is 319 g/mol. The molecule has 0 radical (unpaired) electrons. The largest absolute Gasteiger partial charge is 0.462 e. The lowest BCUT2D eigenvalue weighted by molar-refractivity contribution is 0.245. The molecule has 1 aromatic heterocycles. The van der Waals surface area contributed by atoms with Crippen LogP contribution in [-0.4, -0.2) is 13.5 Å². The van der Waals surface area contributed by atoms with E-state index in [0.29, 0.717) is 0 Å². The molecule has 1 heterocycles. The van der Waals surface area contributed by atoms with E-state index in [1.54, 1.807) is 0 Å². The van der Waals surface area contributed by atoms with Crippen LogP contribution in [0.4, 0.5) is 10.1 Å². The third kappa shape index (κ3) is 2.95. The molecular weight excluding hydrogens is 309 g/mol. The Morgan fingerprint density at radius 1 is 1.40 bits per heavy atom. The molecule has 20 heavy (non-hydrogen) atoms. The molecule has 2 N–H and O–H groups in total. The summed E-state index contributed by atoms with van der Waals surface area (Å²) in [5.74, 6) is -0.298. The van der Waals surface area contributed by atoms with Gasteiger partial charge in [-0.05, 0) is 25.1 Å². The average molecular weight is 320 g/mol. The number of halogens is 2. The second-order valence-electron chi connectivity index (χ2n) is 4.02. The zero-order chi connectivity index (χ0) is 14.9. The summed E-state index contributed by atoms with van der Waals surface area (Å²) >= 11 is 5.76. The number of rotatable bonds is 4. The fourth-order valence-corrected chi connectivity index (χ4v) is 3.20. The highest BCUT2D eigenvalue weighted by atomic mass is 35.5. The summed E-state index contributed by atoms with van der Waals surface area (Å²) in [6.07, 6.45) is 0. The minimum atomic E-state index is -3.93. The molecule has 0 amide bonds. The molecule has 108 valence electrons. The first kappa shape index (κ1) is 14.8. The number of aliphatic hydroxyl groups is 1. The van der Waals surface area contributed by atoms with Gasteiger partial charge in [0.15, 0.2) is 0 Å². The molecule has 0 spiro atoms. The zero-order valence-electron chi connectivity index (χ0n) is 10.4. The van der Waals surface area contributed by atoms with Crippen LogP contribution in [0.25, 0.3) is 0 Å². The number of benzene rings is 1. The van der Waals surface area contributed by atoms with Gasteiger partial charge in [0, 0.05) is 6.07 Å². The highest BCUT2D eigenvalue weighted by Crippen LogP contribution is 2.27. The maximum atomic E-state index is 12.9. The summed E-state index contributed by atoms with van der Waals surface area (Å²) in [6.45, 7) is 1.05. The lowest BCUT2D eigenvalue weighted by atomic mass is 10.3. The van der Waals surface area contributed by atoms with Crippen molar-refractivity contribution < 1.29 is 22.3 Å². The van der Waals surface area contributed by atoms with E-state index in [2.05, 4.69) is 4.72 Å². The van der Waals surface area contributed by atoms with Crippen molar-refractivity contribution in [3.05, 3.63) is 46.6 Å². The number of sulfonamides is 1. The van der Waals surface area contributed by atoms with Gasteiger partial charge in [0.25, 0.3) is 10.0 Å². The van der Waals surface area contributed by atoms with Crippen LogP contribution in [0.2, 0.25) is 5.02 Å². The summed E-state index contributed by atoms with van der Waals surface area (Å²) in [5, 5.41) is 8.88. The van der Waals surface area contributed by atoms with Gasteiger partial charge in [0.1, 0.15) is 28.8 Å². The van der Waals surface area contributed by atoms with E-state index in [0.717, 1.165) is 12.1 Å². The standard InChI is InChI=1S/C12H11ClFNO4S/c1-7-12(5-9(6-16)19-7)20(17,18)15-11-3-2-8(14)4-10(11)13/h2-5,15-16H,6H2,1H3. The van der Waals surface area contributed by atoms with E-state index in [1.807, 2.05) is 0 Å². The van der Waals surface area contributed by atoms with Crippen LogP contribution in [0.5, 0.6) is 0 Å². The maximum Gasteiger partial charge on any atom is 0.265 e. The van der Waals surface area contributed by atoms with E-state index in [1.165, 1.54) is 19.1 Å². The van der Waals surface area contributed by atoms with Crippen molar-refractivity contribution in [3.8, 4) is 0 Å². The molecule has 0 saturated heterocycles. The average Bonchev–Trinajstić information content (AvgIpc) is 2.75. The molecule has 0 unspecified atom stereocenters. The Bertz CT molecular complexity index is 742. The van der Waals surface area contributed by atoms with Crippen LogP contribution < -0.4 is 4.72 Å². The number of aryl methyl sites for hydroxylation is 1. The molecule has 2 aromatic rings. The molecule has 0 atom stereocenters. The highest BCUT2D eigenvalue weighted by molar-refractivity contribution is 7.92. The third-order valence-electron chi connectivity index (χ3n) is 2.54. The fourth-order valence-electron chi connectivity index (χ4n) is 1.64. The second kappa shape index (κ2) is 5.43. The molecule has 0 bridgehead atoms. The summed E-state index contributed by atoms with van der Waals surface area (Å²) in [4.78, 5) is -0.109. The van der Waals surface area contributed by atoms with Gasteiger partial charge in [-0.2, -0.15) is 0 Å². The highest BCUT2D eigenvalue weighted by Gasteiger charge is 2.22. The summed E-state index contributed by atoms with van der Waals surface area (Å²) in [5.41, 5.74) is 0.0548.